The monoisotopic (exact) mass is 360 g/mol. The molecule has 2 aromatic rings. The normalized spacial score (nSPS) is 12.6. The van der Waals surface area contributed by atoms with Crippen LogP contribution in [0.25, 0.3) is 0 Å². The van der Waals surface area contributed by atoms with E-state index in [1.807, 2.05) is 6.92 Å². The Bertz CT molecular complexity index is 482. The number of nitrogens with two attached hydrogens (primary N) is 1. The highest BCUT2D eigenvalue weighted by Gasteiger charge is 2.16. The number of aromatic nitrogens is 2. The first kappa shape index (κ1) is 12.9. The second-order valence-electron chi connectivity index (χ2n) is 3.77. The lowest BCUT2D eigenvalue weighted by Crippen LogP contribution is -2.29. The van der Waals surface area contributed by atoms with Crippen molar-refractivity contribution >= 4 is 34.1 Å². The first-order valence-electron chi connectivity index (χ1n) is 5.20. The van der Waals surface area contributed by atoms with Crippen molar-refractivity contribution in [1.29, 1.82) is 0 Å². The number of nitrogens with zero attached hydrogens (tertiary/aromatic N) is 2. The highest BCUT2D eigenvalue weighted by atomic mass is 127. The maximum absolute atomic E-state index is 5.61. The zero-order valence-corrected chi connectivity index (χ0v) is 12.3. The van der Waals surface area contributed by atoms with Crippen molar-refractivity contribution in [3.05, 3.63) is 44.0 Å². The average Bonchev–Trinajstić information content (AvgIpc) is 2.75. The molecule has 3 N–H and O–H groups in total. The summed E-state index contributed by atoms with van der Waals surface area (Å²) in [5, 5.41) is 4.01. The van der Waals surface area contributed by atoms with E-state index in [2.05, 4.69) is 61.9 Å². The molecule has 0 aliphatic carbocycles. The quantitative estimate of drug-likeness (QED) is 0.499. The summed E-state index contributed by atoms with van der Waals surface area (Å²) in [4.78, 5) is 1.10. The van der Waals surface area contributed by atoms with E-state index in [-0.39, 0.29) is 6.04 Å². The number of hydrazine groups is 1. The molecule has 1 atom stereocenters. The first-order valence-corrected chi connectivity index (χ1v) is 7.05. The third kappa shape index (κ3) is 3.21. The zero-order chi connectivity index (χ0) is 12.3. The summed E-state index contributed by atoms with van der Waals surface area (Å²) < 4.78 is 5.18. The number of aryl methyl sites for hydroxylation is 1. The van der Waals surface area contributed by atoms with Crippen LogP contribution in [0.1, 0.15) is 22.2 Å². The van der Waals surface area contributed by atoms with Gasteiger partial charge >= 0.3 is 0 Å². The van der Waals surface area contributed by atoms with Crippen LogP contribution in [0.3, 0.4) is 0 Å². The minimum absolute atomic E-state index is 0.0788. The lowest BCUT2D eigenvalue weighted by molar-refractivity contribution is 0.557. The van der Waals surface area contributed by atoms with Crippen LogP contribution in [0.2, 0.25) is 0 Å². The van der Waals surface area contributed by atoms with E-state index in [1.165, 1.54) is 20.7 Å². The second-order valence-corrected chi connectivity index (χ2v) is 5.80. The number of hydrogen-bond donors (Lipinski definition) is 2. The van der Waals surface area contributed by atoms with Gasteiger partial charge in [0.1, 0.15) is 0 Å². The van der Waals surface area contributed by atoms with Gasteiger partial charge in [0.25, 0.3) is 0 Å². The molecule has 90 valence electrons. The van der Waals surface area contributed by atoms with Gasteiger partial charge < -0.3 is 0 Å². The third-order valence-corrected chi connectivity index (χ3v) is 4.22. The summed E-state index contributed by atoms with van der Waals surface area (Å²) in [6.07, 6.45) is 0.845. The highest BCUT2D eigenvalue weighted by Crippen LogP contribution is 2.23. The van der Waals surface area contributed by atoms with Gasteiger partial charge in [0.2, 0.25) is 0 Å². The summed E-state index contributed by atoms with van der Waals surface area (Å²) in [5.74, 6) is 5.61. The van der Waals surface area contributed by atoms with Crippen LogP contribution in [-0.4, -0.2) is 9.59 Å². The van der Waals surface area contributed by atoms with E-state index < -0.39 is 0 Å². The van der Waals surface area contributed by atoms with Gasteiger partial charge in [-0.2, -0.15) is 0 Å². The average molecular weight is 360 g/mol. The second kappa shape index (κ2) is 5.85. The third-order valence-electron chi connectivity index (χ3n) is 2.56. The largest absolute Gasteiger partial charge is 0.271 e. The maximum atomic E-state index is 5.61. The van der Waals surface area contributed by atoms with Crippen LogP contribution in [0.15, 0.2) is 24.3 Å². The van der Waals surface area contributed by atoms with E-state index in [4.69, 9.17) is 5.84 Å². The maximum Gasteiger partial charge on any atom is 0.0773 e. The molecule has 0 fully saturated rings. The minimum Gasteiger partial charge on any atom is -0.271 e. The fraction of sp³-hybridized carbons (Fsp3) is 0.273. The van der Waals surface area contributed by atoms with Gasteiger partial charge in [-0.3, -0.25) is 11.3 Å². The molecular formula is C11H13IN4S. The Morgan fingerprint density at radius 3 is 2.65 bits per heavy atom. The van der Waals surface area contributed by atoms with Gasteiger partial charge in [0.15, 0.2) is 0 Å². The van der Waals surface area contributed by atoms with E-state index in [0.717, 1.165) is 17.0 Å². The molecule has 17 heavy (non-hydrogen) atoms. The number of rotatable bonds is 4. The Hall–Kier alpha value is -0.570. The molecule has 1 aromatic heterocycles. The fourth-order valence-corrected chi connectivity index (χ4v) is 2.70. The topological polar surface area (TPSA) is 63.8 Å². The van der Waals surface area contributed by atoms with Gasteiger partial charge in [0, 0.05) is 3.57 Å². The predicted octanol–water partition coefficient (Wildman–Crippen LogP) is 2.20. The molecule has 0 bridgehead atoms. The van der Waals surface area contributed by atoms with Gasteiger partial charge in [-0.1, -0.05) is 16.6 Å². The SMILES string of the molecule is Cc1nnsc1C(Cc1ccc(I)cc1)NN. The molecule has 0 amide bonds. The van der Waals surface area contributed by atoms with Crippen LogP contribution in [0.5, 0.6) is 0 Å². The molecule has 4 nitrogen and oxygen atoms in total. The van der Waals surface area contributed by atoms with Gasteiger partial charge in [-0.25, -0.2) is 0 Å². The number of nitrogens with one attached hydrogen (secondary N) is 1. The van der Waals surface area contributed by atoms with Crippen molar-refractivity contribution in [2.45, 2.75) is 19.4 Å². The predicted molar refractivity (Wildman–Crippen MR) is 77.6 cm³/mol. The van der Waals surface area contributed by atoms with Crippen LogP contribution < -0.4 is 11.3 Å². The summed E-state index contributed by atoms with van der Waals surface area (Å²) in [6.45, 7) is 1.96. The van der Waals surface area contributed by atoms with Crippen molar-refractivity contribution in [2.75, 3.05) is 0 Å². The molecule has 1 unspecified atom stereocenters. The minimum atomic E-state index is 0.0788. The molecule has 0 aliphatic heterocycles. The molecule has 0 radical (unpaired) electrons. The Balaban J connectivity index is 2.16. The van der Waals surface area contributed by atoms with Crippen molar-refractivity contribution in [3.8, 4) is 0 Å². The number of hydrogen-bond acceptors (Lipinski definition) is 5. The lowest BCUT2D eigenvalue weighted by Gasteiger charge is -2.14. The van der Waals surface area contributed by atoms with Crippen molar-refractivity contribution in [1.82, 2.24) is 15.0 Å². The van der Waals surface area contributed by atoms with E-state index in [1.54, 1.807) is 0 Å². The van der Waals surface area contributed by atoms with Crippen molar-refractivity contribution < 1.29 is 0 Å². The summed E-state index contributed by atoms with van der Waals surface area (Å²) >= 11 is 3.70. The van der Waals surface area contributed by atoms with E-state index >= 15 is 0 Å². The van der Waals surface area contributed by atoms with Gasteiger partial charge in [0.05, 0.1) is 16.6 Å². The first-order chi connectivity index (χ1) is 8.20. The summed E-state index contributed by atoms with van der Waals surface area (Å²) in [6, 6.07) is 8.52. The van der Waals surface area contributed by atoms with Crippen LogP contribution in [0.4, 0.5) is 0 Å². The highest BCUT2D eigenvalue weighted by molar-refractivity contribution is 14.1. The summed E-state index contributed by atoms with van der Waals surface area (Å²) in [5.41, 5.74) is 5.04. The molecule has 1 aromatic carbocycles. The standard InChI is InChI=1S/C11H13IN4S/c1-7-11(17-16-15-7)10(14-13)6-8-2-4-9(12)5-3-8/h2-5,10,14H,6,13H2,1H3. The molecule has 2 rings (SSSR count). The zero-order valence-electron chi connectivity index (χ0n) is 9.35. The number of halogens is 1. The van der Waals surface area contributed by atoms with Crippen molar-refractivity contribution in [2.24, 2.45) is 5.84 Å². The fourth-order valence-electron chi connectivity index (χ4n) is 1.64. The van der Waals surface area contributed by atoms with Crippen LogP contribution in [0, 0.1) is 10.5 Å². The Labute approximate surface area is 118 Å². The number of benzene rings is 1. The molecule has 1 heterocycles. The van der Waals surface area contributed by atoms with Gasteiger partial charge in [-0.05, 0) is 65.2 Å². The molecule has 0 saturated carbocycles. The Kier molecular flexibility index (Phi) is 4.43. The van der Waals surface area contributed by atoms with Crippen LogP contribution >= 0.6 is 34.1 Å². The molecule has 0 saturated heterocycles. The summed E-state index contributed by atoms with van der Waals surface area (Å²) in [7, 11) is 0. The van der Waals surface area contributed by atoms with E-state index in [9.17, 15) is 0 Å². The molecule has 0 aliphatic rings. The smallest absolute Gasteiger partial charge is 0.0773 e. The molecule has 6 heteroatoms. The Morgan fingerprint density at radius 1 is 1.41 bits per heavy atom. The van der Waals surface area contributed by atoms with Crippen molar-refractivity contribution in [3.63, 3.8) is 0 Å². The van der Waals surface area contributed by atoms with Crippen LogP contribution in [-0.2, 0) is 6.42 Å². The Morgan fingerprint density at radius 2 is 2.12 bits per heavy atom. The molecular weight excluding hydrogens is 347 g/mol. The lowest BCUT2D eigenvalue weighted by atomic mass is 10.0. The van der Waals surface area contributed by atoms with E-state index in [0.29, 0.717) is 0 Å². The van der Waals surface area contributed by atoms with Gasteiger partial charge in [-0.15, -0.1) is 5.10 Å². The molecule has 0 spiro atoms.